The summed E-state index contributed by atoms with van der Waals surface area (Å²) in [4.78, 5) is 11.9. The quantitative estimate of drug-likeness (QED) is 0.0283. The standard InChI is InChI=1S/C40H48N2O17S5/c1-39(2)35(42(21-11-23-62(49,50)51)33-18-16-29-30(38(33)39)24-28(64(55,56)57)26-34(29)60-59-58-45)12-6-4-7-13-36-40(3,19-9-5-8-14-37(43)44)31-25-27(63(52,53)54)15-17-32(31)41(36)20-10-22-61(46,47)48/h4,6-7,12-13,15-18,24-26H,5,8-11,14,19-23H2,1-3H3,(H5-,43,44,45,46,47,48,49,50,51,52,53,54,55,56,57)/p-4. The lowest BCUT2D eigenvalue weighted by Crippen LogP contribution is -2.30. The molecule has 1 N–H and O–H groups in total. The maximum absolute atomic E-state index is 12.3. The molecule has 2 aliphatic rings. The molecular weight excluding hydrogens is 941 g/mol. The van der Waals surface area contributed by atoms with Crippen molar-refractivity contribution in [2.75, 3.05) is 29.5 Å². The average Bonchev–Trinajstić information content (AvgIpc) is 3.53. The number of unbranched alkanes of at least 4 members (excludes halogenated alkanes) is 2. The minimum absolute atomic E-state index is 0.0139. The maximum Gasteiger partial charge on any atom is 0.303 e. The average molecular weight is 985 g/mol. The van der Waals surface area contributed by atoms with Crippen molar-refractivity contribution in [3.8, 4) is 0 Å². The summed E-state index contributed by atoms with van der Waals surface area (Å²) in [5.74, 6) is -2.35. The van der Waals surface area contributed by atoms with Crippen LogP contribution in [0.1, 0.15) is 76.8 Å². The third-order valence-electron chi connectivity index (χ3n) is 11.2. The maximum atomic E-state index is 12.3. The monoisotopic (exact) mass is 984 g/mol. The lowest BCUT2D eigenvalue weighted by Gasteiger charge is -2.31. The predicted molar refractivity (Wildman–Crippen MR) is 227 cm³/mol. The normalized spacial score (nSPS) is 18.6. The van der Waals surface area contributed by atoms with Crippen molar-refractivity contribution in [2.45, 2.75) is 91.2 Å². The Kier molecular flexibility index (Phi) is 15.8. The van der Waals surface area contributed by atoms with E-state index in [-0.39, 0.29) is 37.2 Å². The lowest BCUT2D eigenvalue weighted by molar-refractivity contribution is -0.777. The Bertz CT molecular complexity index is 2890. The fourth-order valence-corrected chi connectivity index (χ4v) is 11.0. The molecule has 0 aliphatic carbocycles. The number of carboxylic acid groups (broad SMARTS) is 1. The molecule has 3 aromatic rings. The van der Waals surface area contributed by atoms with Crippen LogP contribution in [0.4, 0.5) is 11.4 Å². The van der Waals surface area contributed by atoms with Gasteiger partial charge in [-0.2, -0.15) is 8.91 Å². The highest BCUT2D eigenvalue weighted by atomic mass is 32.2. The van der Waals surface area contributed by atoms with Crippen LogP contribution in [-0.4, -0.2) is 97.8 Å². The Morgan fingerprint density at radius 1 is 0.797 bits per heavy atom. The summed E-state index contributed by atoms with van der Waals surface area (Å²) in [7, 11) is -19.2. The molecule has 19 nitrogen and oxygen atoms in total. The van der Waals surface area contributed by atoms with Crippen molar-refractivity contribution in [1.82, 2.24) is 0 Å². The highest BCUT2D eigenvalue weighted by Crippen LogP contribution is 2.52. The number of hydrogen-bond acceptors (Lipinski definition) is 18. The van der Waals surface area contributed by atoms with E-state index in [9.17, 15) is 61.9 Å². The number of nitrogens with zero attached hydrogens (tertiary/aromatic N) is 2. The van der Waals surface area contributed by atoms with Gasteiger partial charge >= 0.3 is 5.97 Å². The number of aliphatic carboxylic acids is 1. The Morgan fingerprint density at radius 3 is 2.09 bits per heavy atom. The van der Waals surface area contributed by atoms with Gasteiger partial charge in [-0.05, 0) is 98.8 Å². The second-order valence-corrected chi connectivity index (χ2v) is 22.5. The first-order valence-electron chi connectivity index (χ1n) is 19.6. The van der Waals surface area contributed by atoms with Crippen LogP contribution in [0.25, 0.3) is 10.8 Å². The van der Waals surface area contributed by atoms with Crippen LogP contribution in [0.5, 0.6) is 0 Å². The topological polar surface area (TPSA) is 314 Å². The molecule has 2 aliphatic heterocycles. The molecule has 1 atom stereocenters. The molecule has 0 fully saturated rings. The van der Waals surface area contributed by atoms with E-state index in [2.05, 4.69) is 9.37 Å². The van der Waals surface area contributed by atoms with Gasteiger partial charge < -0.3 is 33.5 Å². The molecule has 0 amide bonds. The van der Waals surface area contributed by atoms with E-state index in [1.165, 1.54) is 18.2 Å². The largest absolute Gasteiger partial charge is 0.748 e. The third-order valence-corrected chi connectivity index (χ3v) is 15.0. The number of carboxylic acids is 1. The number of anilines is 1. The number of rotatable bonds is 22. The molecular formula is C40H44N2O17S5-4. The van der Waals surface area contributed by atoms with Crippen LogP contribution >= 0.6 is 12.0 Å². The number of hydrogen-bond donors (Lipinski definition) is 1. The highest BCUT2D eigenvalue weighted by Gasteiger charge is 2.46. The molecule has 0 saturated heterocycles. The first-order valence-corrected chi connectivity index (χ1v) is 26.3. The molecule has 0 aromatic heterocycles. The summed E-state index contributed by atoms with van der Waals surface area (Å²) in [5.41, 5.74) is 1.08. The van der Waals surface area contributed by atoms with E-state index in [1.807, 2.05) is 6.92 Å². The second-order valence-electron chi connectivity index (χ2n) is 15.9. The van der Waals surface area contributed by atoms with Gasteiger partial charge in [-0.1, -0.05) is 31.1 Å². The summed E-state index contributed by atoms with van der Waals surface area (Å²) in [6.07, 6.45) is 9.78. The van der Waals surface area contributed by atoms with Crippen molar-refractivity contribution in [3.05, 3.63) is 89.7 Å². The molecule has 0 spiro atoms. The van der Waals surface area contributed by atoms with Crippen molar-refractivity contribution in [2.24, 2.45) is 0 Å². The summed E-state index contributed by atoms with van der Waals surface area (Å²) >= 11 is 0.389. The molecule has 0 saturated carbocycles. The summed E-state index contributed by atoms with van der Waals surface area (Å²) in [6, 6.07) is 9.34. The SMILES string of the molecule is CC1(C)C(/C=C/C=C/C=C2\N(CCCS(=O)(=O)[O-])c3ccc(S(=O)(=O)[O-])cc3C2(C)CCCCCC(=O)O)=[N+](CCCS(=O)(=O)[O-])c2ccc3c(SOO[O-])cc(S(=O)(=O)[O-])cc3c21. The summed E-state index contributed by atoms with van der Waals surface area (Å²) in [6.45, 7) is 5.45. The molecule has 0 bridgehead atoms. The first kappa shape index (κ1) is 50.9. The number of carbonyl (C=O) groups is 1. The molecule has 64 heavy (non-hydrogen) atoms. The van der Waals surface area contributed by atoms with Gasteiger partial charge in [-0.3, -0.25) is 9.83 Å². The van der Waals surface area contributed by atoms with Crippen LogP contribution in [0.2, 0.25) is 0 Å². The lowest BCUT2D eigenvalue weighted by atomic mass is 9.77. The van der Waals surface area contributed by atoms with Gasteiger partial charge in [0.05, 0.1) is 47.5 Å². The van der Waals surface area contributed by atoms with E-state index in [1.54, 1.807) is 65.8 Å². The van der Waals surface area contributed by atoms with E-state index in [0.29, 0.717) is 82.4 Å². The van der Waals surface area contributed by atoms with Crippen LogP contribution in [0.3, 0.4) is 0 Å². The molecule has 24 heteroatoms. The van der Waals surface area contributed by atoms with Crippen molar-refractivity contribution in [1.29, 1.82) is 0 Å². The third kappa shape index (κ3) is 12.0. The number of fused-ring (bicyclic) bond motifs is 4. The molecule has 3 aromatic carbocycles. The van der Waals surface area contributed by atoms with Gasteiger partial charge in [0.25, 0.3) is 0 Å². The van der Waals surface area contributed by atoms with E-state index < -0.39 is 78.6 Å². The minimum atomic E-state index is -5.04. The molecule has 0 radical (unpaired) electrons. The zero-order chi connectivity index (χ0) is 47.5. The van der Waals surface area contributed by atoms with E-state index in [4.69, 9.17) is 5.11 Å². The second kappa shape index (κ2) is 19.8. The van der Waals surface area contributed by atoms with Crippen molar-refractivity contribution >= 4 is 86.3 Å². The molecule has 1 unspecified atom stereocenters. The van der Waals surface area contributed by atoms with E-state index in [0.717, 1.165) is 12.1 Å². The highest BCUT2D eigenvalue weighted by molar-refractivity contribution is 7.94. The fourth-order valence-electron chi connectivity index (χ4n) is 8.42. The number of allylic oxidation sites excluding steroid dienone is 6. The van der Waals surface area contributed by atoms with Gasteiger partial charge in [0.15, 0.2) is 5.71 Å². The Balaban J connectivity index is 1.61. The van der Waals surface area contributed by atoms with Crippen LogP contribution in [-0.2, 0) is 65.5 Å². The zero-order valence-corrected chi connectivity index (χ0v) is 38.7. The van der Waals surface area contributed by atoms with Gasteiger partial charge in [0, 0.05) is 70.3 Å². The Labute approximate surface area is 375 Å². The summed E-state index contributed by atoms with van der Waals surface area (Å²) < 4.78 is 149. The van der Waals surface area contributed by atoms with Crippen molar-refractivity contribution in [3.63, 3.8) is 0 Å². The van der Waals surface area contributed by atoms with Gasteiger partial charge in [0.2, 0.25) is 5.69 Å². The molecule has 2 heterocycles. The summed E-state index contributed by atoms with van der Waals surface area (Å²) in [5, 5.41) is 24.0. The molecule has 350 valence electrons. The minimum Gasteiger partial charge on any atom is -0.748 e. The Hall–Kier alpha value is -4.05. The van der Waals surface area contributed by atoms with Crippen molar-refractivity contribution < 1.29 is 81.0 Å². The zero-order valence-electron chi connectivity index (χ0n) is 34.6. The van der Waals surface area contributed by atoms with Crippen LogP contribution in [0, 0.1) is 0 Å². The van der Waals surface area contributed by atoms with E-state index >= 15 is 0 Å². The smallest absolute Gasteiger partial charge is 0.303 e. The fraction of sp³-hybridized carbons (Fsp3) is 0.400. The van der Waals surface area contributed by atoms with Crippen LogP contribution in [0.15, 0.2) is 93.2 Å². The first-order chi connectivity index (χ1) is 29.7. The predicted octanol–water partition coefficient (Wildman–Crippen LogP) is 3.93. The Morgan fingerprint density at radius 2 is 1.47 bits per heavy atom. The van der Waals surface area contributed by atoms with Crippen LogP contribution < -0.4 is 10.2 Å². The van der Waals surface area contributed by atoms with Gasteiger partial charge in [-0.25, -0.2) is 33.7 Å². The van der Waals surface area contributed by atoms with Gasteiger partial charge in [-0.15, -0.1) is 0 Å². The van der Waals surface area contributed by atoms with Gasteiger partial charge in [0.1, 0.15) is 26.8 Å². The molecule has 5 rings (SSSR count). The number of benzene rings is 3.